The lowest BCUT2D eigenvalue weighted by molar-refractivity contribution is -0.0745. The van der Waals surface area contributed by atoms with Crippen LogP contribution < -0.4 is 0 Å². The monoisotopic (exact) mass is 298 g/mol. The molecule has 0 aliphatic carbocycles. The summed E-state index contributed by atoms with van der Waals surface area (Å²) in [6.07, 6.45) is 0.544. The Morgan fingerprint density at radius 3 is 2.86 bits per heavy atom. The molecular formula is C17H15ClN2O. The second-order valence-electron chi connectivity index (χ2n) is 5.52. The van der Waals surface area contributed by atoms with Gasteiger partial charge in [-0.3, -0.25) is 4.99 Å². The van der Waals surface area contributed by atoms with Gasteiger partial charge < -0.3 is 10.0 Å². The van der Waals surface area contributed by atoms with Gasteiger partial charge in [0.2, 0.25) is 0 Å². The minimum Gasteiger partial charge on any atom is -0.366 e. The fourth-order valence-corrected chi connectivity index (χ4v) is 3.48. The number of hydrogen-bond acceptors (Lipinski definition) is 3. The molecule has 0 saturated carbocycles. The molecule has 0 radical (unpaired) electrons. The molecule has 4 heteroatoms. The fraction of sp³-hybridized carbons (Fsp3) is 0.235. The van der Waals surface area contributed by atoms with Crippen LogP contribution >= 0.6 is 11.6 Å². The van der Waals surface area contributed by atoms with E-state index in [0.29, 0.717) is 18.0 Å². The lowest BCUT2D eigenvalue weighted by atomic mass is 9.86. The van der Waals surface area contributed by atoms with Crippen LogP contribution in [0.1, 0.15) is 16.7 Å². The largest absolute Gasteiger partial charge is 0.366 e. The van der Waals surface area contributed by atoms with Crippen molar-refractivity contribution in [3.63, 3.8) is 0 Å². The van der Waals surface area contributed by atoms with E-state index in [4.69, 9.17) is 11.6 Å². The smallest absolute Gasteiger partial charge is 0.169 e. The summed E-state index contributed by atoms with van der Waals surface area (Å²) in [5.74, 6) is 0.888. The van der Waals surface area contributed by atoms with E-state index in [1.807, 2.05) is 41.3 Å². The van der Waals surface area contributed by atoms with Crippen molar-refractivity contribution in [1.82, 2.24) is 4.90 Å². The van der Waals surface area contributed by atoms with Gasteiger partial charge in [0.05, 0.1) is 6.54 Å². The van der Waals surface area contributed by atoms with Crippen LogP contribution in [0, 0.1) is 0 Å². The maximum atomic E-state index is 11.4. The van der Waals surface area contributed by atoms with E-state index in [1.165, 1.54) is 0 Å². The predicted molar refractivity (Wildman–Crippen MR) is 83.6 cm³/mol. The number of nitrogens with zero attached hydrogens (tertiary/aromatic N) is 2. The van der Waals surface area contributed by atoms with E-state index in [1.54, 1.807) is 0 Å². The molecule has 2 aromatic rings. The Bertz CT molecular complexity index is 743. The lowest BCUT2D eigenvalue weighted by Crippen LogP contribution is -2.53. The third-order valence-electron chi connectivity index (χ3n) is 4.27. The molecular weight excluding hydrogens is 284 g/mol. The first kappa shape index (κ1) is 12.9. The highest BCUT2D eigenvalue weighted by Crippen LogP contribution is 2.39. The Morgan fingerprint density at radius 1 is 1.14 bits per heavy atom. The Hall–Kier alpha value is -1.84. The molecule has 0 bridgehead atoms. The fourth-order valence-electron chi connectivity index (χ4n) is 3.29. The van der Waals surface area contributed by atoms with Crippen LogP contribution in [-0.4, -0.2) is 28.9 Å². The summed E-state index contributed by atoms with van der Waals surface area (Å²) in [5, 5.41) is 12.0. The van der Waals surface area contributed by atoms with Gasteiger partial charge in [-0.1, -0.05) is 48.0 Å². The molecule has 2 aliphatic rings. The van der Waals surface area contributed by atoms with Crippen LogP contribution in [0.15, 0.2) is 53.5 Å². The van der Waals surface area contributed by atoms with Crippen molar-refractivity contribution >= 4 is 17.4 Å². The van der Waals surface area contributed by atoms with Crippen LogP contribution in [-0.2, 0) is 12.1 Å². The summed E-state index contributed by atoms with van der Waals surface area (Å²) < 4.78 is 0. The normalized spacial score (nSPS) is 23.5. The van der Waals surface area contributed by atoms with Crippen molar-refractivity contribution in [3.8, 4) is 0 Å². The first-order valence-corrected chi connectivity index (χ1v) is 7.45. The zero-order chi connectivity index (χ0) is 14.4. The molecule has 0 fully saturated rings. The summed E-state index contributed by atoms with van der Waals surface area (Å²) in [5.41, 5.74) is 1.99. The Labute approximate surface area is 128 Å². The molecule has 0 amide bonds. The zero-order valence-electron chi connectivity index (χ0n) is 11.5. The second kappa shape index (κ2) is 4.58. The summed E-state index contributed by atoms with van der Waals surface area (Å²) >= 11 is 6.11. The molecule has 2 aliphatic heterocycles. The first-order valence-electron chi connectivity index (χ1n) is 7.07. The van der Waals surface area contributed by atoms with E-state index in [0.717, 1.165) is 29.1 Å². The highest BCUT2D eigenvalue weighted by atomic mass is 35.5. The van der Waals surface area contributed by atoms with Gasteiger partial charge in [-0.15, -0.1) is 0 Å². The highest BCUT2D eigenvalue weighted by Gasteiger charge is 2.44. The Balaban J connectivity index is 1.90. The molecule has 0 saturated heterocycles. The quantitative estimate of drug-likeness (QED) is 0.879. The van der Waals surface area contributed by atoms with Crippen molar-refractivity contribution < 1.29 is 5.11 Å². The lowest BCUT2D eigenvalue weighted by Gasteiger charge is -2.43. The van der Waals surface area contributed by atoms with Crippen molar-refractivity contribution in [2.75, 3.05) is 13.1 Å². The van der Waals surface area contributed by atoms with Crippen molar-refractivity contribution in [3.05, 3.63) is 70.2 Å². The molecule has 4 rings (SSSR count). The van der Waals surface area contributed by atoms with Crippen LogP contribution in [0.3, 0.4) is 0 Å². The molecule has 0 unspecified atom stereocenters. The number of halogens is 1. The molecule has 0 aromatic heterocycles. The zero-order valence-corrected chi connectivity index (χ0v) is 12.2. The minimum atomic E-state index is -1.07. The van der Waals surface area contributed by atoms with Gasteiger partial charge in [0.15, 0.2) is 5.72 Å². The first-order chi connectivity index (χ1) is 10.2. The molecule has 1 atom stereocenters. The van der Waals surface area contributed by atoms with Crippen molar-refractivity contribution in [2.45, 2.75) is 12.1 Å². The average molecular weight is 299 g/mol. The third-order valence-corrected chi connectivity index (χ3v) is 4.50. The van der Waals surface area contributed by atoms with Crippen LogP contribution in [0.2, 0.25) is 5.02 Å². The summed E-state index contributed by atoms with van der Waals surface area (Å²) in [6, 6.07) is 15.6. The van der Waals surface area contributed by atoms with E-state index in [2.05, 4.69) is 17.1 Å². The van der Waals surface area contributed by atoms with Crippen LogP contribution in [0.25, 0.3) is 0 Å². The van der Waals surface area contributed by atoms with Gasteiger partial charge in [-0.05, 0) is 17.7 Å². The van der Waals surface area contributed by atoms with Crippen molar-refractivity contribution in [2.24, 2.45) is 4.99 Å². The molecule has 2 heterocycles. The van der Waals surface area contributed by atoms with Crippen LogP contribution in [0.5, 0.6) is 0 Å². The van der Waals surface area contributed by atoms with E-state index < -0.39 is 5.72 Å². The van der Waals surface area contributed by atoms with E-state index >= 15 is 0 Å². The second-order valence-corrected chi connectivity index (χ2v) is 5.95. The maximum Gasteiger partial charge on any atom is 0.169 e. The molecule has 2 aromatic carbocycles. The molecule has 106 valence electrons. The van der Waals surface area contributed by atoms with Gasteiger partial charge in [0.25, 0.3) is 0 Å². The maximum absolute atomic E-state index is 11.4. The number of amidine groups is 1. The summed E-state index contributed by atoms with van der Waals surface area (Å²) in [4.78, 5) is 6.59. The van der Waals surface area contributed by atoms with Crippen molar-refractivity contribution in [1.29, 1.82) is 0 Å². The summed E-state index contributed by atoms with van der Waals surface area (Å²) in [6.45, 7) is 1.44. The number of fused-ring (bicyclic) bond motifs is 3. The average Bonchev–Trinajstić information content (AvgIpc) is 2.98. The topological polar surface area (TPSA) is 35.8 Å². The molecule has 0 spiro atoms. The molecule has 21 heavy (non-hydrogen) atoms. The Morgan fingerprint density at radius 2 is 2.00 bits per heavy atom. The van der Waals surface area contributed by atoms with Gasteiger partial charge in [-0.25, -0.2) is 0 Å². The minimum absolute atomic E-state index is 0.544. The summed E-state index contributed by atoms with van der Waals surface area (Å²) in [7, 11) is 0. The highest BCUT2D eigenvalue weighted by molar-refractivity contribution is 6.30. The van der Waals surface area contributed by atoms with E-state index in [9.17, 15) is 5.11 Å². The molecule has 1 N–H and O–H groups in total. The van der Waals surface area contributed by atoms with Gasteiger partial charge in [0.1, 0.15) is 5.84 Å². The number of aliphatic hydroxyl groups is 1. The van der Waals surface area contributed by atoms with Gasteiger partial charge in [-0.2, -0.15) is 0 Å². The predicted octanol–water partition coefficient (Wildman–Crippen LogP) is 2.80. The third kappa shape index (κ3) is 1.88. The molecule has 3 nitrogen and oxygen atoms in total. The van der Waals surface area contributed by atoms with Gasteiger partial charge >= 0.3 is 0 Å². The van der Waals surface area contributed by atoms with Gasteiger partial charge in [0, 0.05) is 29.1 Å². The SMILES string of the molecule is O[C@]1(c2cccc(Cl)c2)Cc2ccccc2C2=NCCN21. The number of hydrogen-bond donors (Lipinski definition) is 1. The number of benzene rings is 2. The van der Waals surface area contributed by atoms with E-state index in [-0.39, 0.29) is 0 Å². The Kier molecular flexibility index (Phi) is 2.81. The standard InChI is InChI=1S/C17H15ClN2O/c18-14-6-3-5-13(10-14)17(21)11-12-4-1-2-7-15(12)16-19-8-9-20(16)17/h1-7,10,21H,8-9,11H2/t17-/m0/s1. The number of aliphatic imine (C=N–C) groups is 1. The number of rotatable bonds is 1. The van der Waals surface area contributed by atoms with Crippen LogP contribution in [0.4, 0.5) is 0 Å².